The standard InChI is InChI=1S/C14H18BrNO3/c1-18-11-7-9(15)8-12(19-2)13(11)14(17)16-10-5-3-4-6-10/h7-8,10H,3-6H2,1-2H3,(H,16,17). The van der Waals surface area contributed by atoms with Gasteiger partial charge in [-0.25, -0.2) is 0 Å². The topological polar surface area (TPSA) is 47.6 Å². The highest BCUT2D eigenvalue weighted by atomic mass is 79.9. The first-order valence-corrected chi connectivity index (χ1v) is 7.17. The minimum atomic E-state index is -0.131. The first-order chi connectivity index (χ1) is 9.15. The SMILES string of the molecule is COc1cc(Br)cc(OC)c1C(=O)NC1CCCC1. The molecule has 104 valence electrons. The van der Waals surface area contributed by atoms with Crippen molar-refractivity contribution in [2.75, 3.05) is 14.2 Å². The van der Waals surface area contributed by atoms with Crippen molar-refractivity contribution in [1.82, 2.24) is 5.32 Å². The van der Waals surface area contributed by atoms with E-state index >= 15 is 0 Å². The third-order valence-electron chi connectivity index (χ3n) is 3.39. The molecule has 4 nitrogen and oxygen atoms in total. The molecule has 0 radical (unpaired) electrons. The van der Waals surface area contributed by atoms with E-state index in [1.807, 2.05) is 0 Å². The van der Waals surface area contributed by atoms with E-state index in [-0.39, 0.29) is 11.9 Å². The zero-order valence-electron chi connectivity index (χ0n) is 11.2. The van der Waals surface area contributed by atoms with Crippen LogP contribution in [0.2, 0.25) is 0 Å². The molecule has 0 aromatic heterocycles. The van der Waals surface area contributed by atoms with E-state index in [1.54, 1.807) is 26.4 Å². The highest BCUT2D eigenvalue weighted by Crippen LogP contribution is 2.33. The fourth-order valence-electron chi connectivity index (χ4n) is 2.43. The molecule has 1 N–H and O–H groups in total. The third kappa shape index (κ3) is 3.21. The number of hydrogen-bond acceptors (Lipinski definition) is 3. The summed E-state index contributed by atoms with van der Waals surface area (Å²) >= 11 is 3.37. The van der Waals surface area contributed by atoms with E-state index in [0.717, 1.165) is 17.3 Å². The summed E-state index contributed by atoms with van der Waals surface area (Å²) in [5.41, 5.74) is 0.458. The molecule has 5 heteroatoms. The Labute approximate surface area is 121 Å². The van der Waals surface area contributed by atoms with Gasteiger partial charge in [-0.1, -0.05) is 28.8 Å². The molecule has 1 aliphatic carbocycles. The van der Waals surface area contributed by atoms with Gasteiger partial charge in [-0.3, -0.25) is 4.79 Å². The molecule has 1 aromatic carbocycles. The second-order valence-electron chi connectivity index (χ2n) is 4.64. The molecule has 1 saturated carbocycles. The van der Waals surface area contributed by atoms with Gasteiger partial charge < -0.3 is 14.8 Å². The fourth-order valence-corrected chi connectivity index (χ4v) is 2.85. The normalized spacial score (nSPS) is 15.3. The van der Waals surface area contributed by atoms with Crippen molar-refractivity contribution in [2.24, 2.45) is 0 Å². The Morgan fingerprint density at radius 3 is 2.21 bits per heavy atom. The molecule has 0 aliphatic heterocycles. The molecule has 19 heavy (non-hydrogen) atoms. The molecule has 0 bridgehead atoms. The predicted octanol–water partition coefficient (Wildman–Crippen LogP) is 3.14. The van der Waals surface area contributed by atoms with Gasteiger partial charge in [0.1, 0.15) is 17.1 Å². The van der Waals surface area contributed by atoms with Crippen molar-refractivity contribution in [3.63, 3.8) is 0 Å². The molecule has 0 unspecified atom stereocenters. The summed E-state index contributed by atoms with van der Waals surface area (Å²) in [7, 11) is 3.10. The van der Waals surface area contributed by atoms with Crippen LogP contribution < -0.4 is 14.8 Å². The van der Waals surface area contributed by atoms with Crippen LogP contribution in [0.15, 0.2) is 16.6 Å². The monoisotopic (exact) mass is 327 g/mol. The number of hydrogen-bond donors (Lipinski definition) is 1. The Morgan fingerprint density at radius 2 is 1.74 bits per heavy atom. The van der Waals surface area contributed by atoms with E-state index in [2.05, 4.69) is 21.2 Å². The number of methoxy groups -OCH3 is 2. The fraction of sp³-hybridized carbons (Fsp3) is 0.500. The Morgan fingerprint density at radius 1 is 1.21 bits per heavy atom. The molecule has 1 aromatic rings. The summed E-state index contributed by atoms with van der Waals surface area (Å²) in [6, 6.07) is 3.81. The number of carbonyl (C=O) groups excluding carboxylic acids is 1. The summed E-state index contributed by atoms with van der Waals surface area (Å²) in [4.78, 5) is 12.4. The lowest BCUT2D eigenvalue weighted by Crippen LogP contribution is -2.33. The van der Waals surface area contributed by atoms with Crippen molar-refractivity contribution >= 4 is 21.8 Å². The van der Waals surface area contributed by atoms with Gasteiger partial charge in [0, 0.05) is 10.5 Å². The maximum atomic E-state index is 12.4. The van der Waals surface area contributed by atoms with Crippen LogP contribution >= 0.6 is 15.9 Å². The molecule has 2 rings (SSSR count). The molecule has 0 heterocycles. The molecule has 0 spiro atoms. The van der Waals surface area contributed by atoms with Crippen molar-refractivity contribution in [1.29, 1.82) is 0 Å². The summed E-state index contributed by atoms with van der Waals surface area (Å²) in [5, 5.41) is 3.05. The Balaban J connectivity index is 2.28. The Bertz CT molecular complexity index is 445. The Kier molecular flexibility index (Phi) is 4.69. The molecule has 1 fully saturated rings. The lowest BCUT2D eigenvalue weighted by molar-refractivity contribution is 0.0931. The van der Waals surface area contributed by atoms with Gasteiger partial charge in [0.05, 0.1) is 14.2 Å². The van der Waals surface area contributed by atoms with Crippen LogP contribution in [0.3, 0.4) is 0 Å². The highest BCUT2D eigenvalue weighted by Gasteiger charge is 2.23. The summed E-state index contributed by atoms with van der Waals surface area (Å²) < 4.78 is 11.4. The zero-order valence-corrected chi connectivity index (χ0v) is 12.7. The average Bonchev–Trinajstić information content (AvgIpc) is 2.90. The van der Waals surface area contributed by atoms with Gasteiger partial charge in [-0.2, -0.15) is 0 Å². The molecule has 0 atom stereocenters. The lowest BCUT2D eigenvalue weighted by Gasteiger charge is -2.16. The number of amides is 1. The quantitative estimate of drug-likeness (QED) is 0.924. The second-order valence-corrected chi connectivity index (χ2v) is 5.56. The minimum Gasteiger partial charge on any atom is -0.496 e. The van der Waals surface area contributed by atoms with Crippen molar-refractivity contribution in [2.45, 2.75) is 31.7 Å². The largest absolute Gasteiger partial charge is 0.496 e. The summed E-state index contributed by atoms with van der Waals surface area (Å²) in [6.45, 7) is 0. The van der Waals surface area contributed by atoms with Crippen molar-refractivity contribution in [3.8, 4) is 11.5 Å². The maximum Gasteiger partial charge on any atom is 0.259 e. The van der Waals surface area contributed by atoms with Crippen molar-refractivity contribution < 1.29 is 14.3 Å². The van der Waals surface area contributed by atoms with Gasteiger partial charge in [0.2, 0.25) is 0 Å². The van der Waals surface area contributed by atoms with Gasteiger partial charge in [-0.15, -0.1) is 0 Å². The minimum absolute atomic E-state index is 0.131. The first-order valence-electron chi connectivity index (χ1n) is 6.38. The predicted molar refractivity (Wildman–Crippen MR) is 77.0 cm³/mol. The number of carbonyl (C=O) groups is 1. The number of ether oxygens (including phenoxy) is 2. The first kappa shape index (κ1) is 14.2. The second kappa shape index (κ2) is 6.28. The van der Waals surface area contributed by atoms with E-state index in [9.17, 15) is 4.79 Å². The molecule has 1 amide bonds. The summed E-state index contributed by atoms with van der Waals surface area (Å²) in [5.74, 6) is 0.900. The smallest absolute Gasteiger partial charge is 0.259 e. The van der Waals surface area contributed by atoms with E-state index in [0.29, 0.717) is 17.1 Å². The molecular formula is C14H18BrNO3. The molecule has 0 saturated heterocycles. The van der Waals surface area contributed by atoms with Crippen LogP contribution in [-0.4, -0.2) is 26.2 Å². The number of benzene rings is 1. The van der Waals surface area contributed by atoms with Crippen LogP contribution in [0.4, 0.5) is 0 Å². The maximum absolute atomic E-state index is 12.4. The number of nitrogens with one attached hydrogen (secondary N) is 1. The van der Waals surface area contributed by atoms with Crippen LogP contribution in [-0.2, 0) is 0 Å². The molecule has 1 aliphatic rings. The van der Waals surface area contributed by atoms with Gasteiger partial charge in [0.25, 0.3) is 5.91 Å². The molecular weight excluding hydrogens is 310 g/mol. The highest BCUT2D eigenvalue weighted by molar-refractivity contribution is 9.10. The number of halogens is 1. The van der Waals surface area contributed by atoms with Crippen LogP contribution in [0.25, 0.3) is 0 Å². The van der Waals surface area contributed by atoms with Gasteiger partial charge >= 0.3 is 0 Å². The average molecular weight is 328 g/mol. The van der Waals surface area contributed by atoms with E-state index in [1.165, 1.54) is 12.8 Å². The van der Waals surface area contributed by atoms with Crippen molar-refractivity contribution in [3.05, 3.63) is 22.2 Å². The van der Waals surface area contributed by atoms with E-state index in [4.69, 9.17) is 9.47 Å². The van der Waals surface area contributed by atoms with Crippen LogP contribution in [0.1, 0.15) is 36.0 Å². The van der Waals surface area contributed by atoms with E-state index < -0.39 is 0 Å². The Hall–Kier alpha value is -1.23. The van der Waals surface area contributed by atoms with Gasteiger partial charge in [0.15, 0.2) is 0 Å². The summed E-state index contributed by atoms with van der Waals surface area (Å²) in [6.07, 6.45) is 4.46. The third-order valence-corrected chi connectivity index (χ3v) is 3.85. The number of rotatable bonds is 4. The zero-order chi connectivity index (χ0) is 13.8. The van der Waals surface area contributed by atoms with Gasteiger partial charge in [-0.05, 0) is 25.0 Å². The lowest BCUT2D eigenvalue weighted by atomic mass is 10.1. The van der Waals surface area contributed by atoms with Crippen LogP contribution in [0, 0.1) is 0 Å². The van der Waals surface area contributed by atoms with Crippen LogP contribution in [0.5, 0.6) is 11.5 Å².